The number of nitrogens with zero attached hydrogens (tertiary/aromatic N) is 2. The molecule has 0 amide bonds. The topological polar surface area (TPSA) is 72.7 Å². The maximum absolute atomic E-state index is 12.0. The molecule has 6 heteroatoms. The van der Waals surface area contributed by atoms with Crippen molar-refractivity contribution < 1.29 is 14.5 Å². The van der Waals surface area contributed by atoms with E-state index in [9.17, 15) is 14.9 Å². The number of non-ortho nitro benzene ring substituents is 1. The van der Waals surface area contributed by atoms with E-state index in [4.69, 9.17) is 4.74 Å². The van der Waals surface area contributed by atoms with Crippen LogP contribution in [0.4, 0.5) is 11.4 Å². The summed E-state index contributed by atoms with van der Waals surface area (Å²) in [7, 11) is 0. The molecule has 0 heterocycles. The summed E-state index contributed by atoms with van der Waals surface area (Å²) in [6, 6.07) is 15.6. The third-order valence-corrected chi connectivity index (χ3v) is 3.37. The van der Waals surface area contributed by atoms with Crippen molar-refractivity contribution >= 4 is 17.3 Å². The van der Waals surface area contributed by atoms with Gasteiger partial charge in [-0.1, -0.05) is 30.3 Å². The van der Waals surface area contributed by atoms with Crippen LogP contribution in [0.1, 0.15) is 12.5 Å². The second-order valence-electron chi connectivity index (χ2n) is 4.93. The number of anilines is 1. The van der Waals surface area contributed by atoms with Crippen LogP contribution in [-0.2, 0) is 16.1 Å². The van der Waals surface area contributed by atoms with E-state index in [0.29, 0.717) is 6.54 Å². The molecule has 0 aliphatic carbocycles. The molecule has 0 aromatic heterocycles. The molecule has 2 aromatic carbocycles. The lowest BCUT2D eigenvalue weighted by Gasteiger charge is -2.21. The zero-order chi connectivity index (χ0) is 16.7. The molecule has 23 heavy (non-hydrogen) atoms. The number of esters is 1. The summed E-state index contributed by atoms with van der Waals surface area (Å²) in [6.45, 7) is 2.84. The van der Waals surface area contributed by atoms with Crippen LogP contribution >= 0.6 is 0 Å². The summed E-state index contributed by atoms with van der Waals surface area (Å²) in [4.78, 5) is 24.0. The van der Waals surface area contributed by atoms with Crippen LogP contribution < -0.4 is 4.90 Å². The van der Waals surface area contributed by atoms with Crippen molar-refractivity contribution in [3.05, 3.63) is 70.3 Å². The Bertz CT molecular complexity index is 656. The predicted molar refractivity (Wildman–Crippen MR) is 87.2 cm³/mol. The monoisotopic (exact) mass is 314 g/mol. The summed E-state index contributed by atoms with van der Waals surface area (Å²) in [6.07, 6.45) is 0. The van der Waals surface area contributed by atoms with Gasteiger partial charge >= 0.3 is 5.97 Å². The van der Waals surface area contributed by atoms with E-state index in [1.807, 2.05) is 37.3 Å². The van der Waals surface area contributed by atoms with Gasteiger partial charge < -0.3 is 9.64 Å². The highest BCUT2D eigenvalue weighted by Crippen LogP contribution is 2.19. The van der Waals surface area contributed by atoms with Crippen LogP contribution in [-0.4, -0.2) is 24.0 Å². The smallest absolute Gasteiger partial charge is 0.325 e. The first-order valence-electron chi connectivity index (χ1n) is 7.29. The lowest BCUT2D eigenvalue weighted by Crippen LogP contribution is -2.30. The number of nitro groups is 1. The number of likely N-dealkylation sites (N-methyl/N-ethyl adjacent to an activating group) is 1. The molecule has 120 valence electrons. The molecule has 6 nitrogen and oxygen atoms in total. The lowest BCUT2D eigenvalue weighted by atomic mass is 10.2. The van der Waals surface area contributed by atoms with Crippen molar-refractivity contribution in [1.29, 1.82) is 0 Å². The SMILES string of the molecule is CCN(CC(=O)OCc1ccccc1)c1ccc([N+](=O)[O-])cc1. The van der Waals surface area contributed by atoms with Crippen LogP contribution in [0.3, 0.4) is 0 Å². The van der Waals surface area contributed by atoms with Crippen molar-refractivity contribution in [3.8, 4) is 0 Å². The van der Waals surface area contributed by atoms with Gasteiger partial charge in [0.15, 0.2) is 0 Å². The van der Waals surface area contributed by atoms with Crippen LogP contribution in [0.5, 0.6) is 0 Å². The van der Waals surface area contributed by atoms with Gasteiger partial charge in [-0.3, -0.25) is 14.9 Å². The summed E-state index contributed by atoms with van der Waals surface area (Å²) in [5.74, 6) is -0.339. The van der Waals surface area contributed by atoms with E-state index in [-0.39, 0.29) is 24.8 Å². The first kappa shape index (κ1) is 16.5. The molecule has 0 unspecified atom stereocenters. The molecule has 2 aromatic rings. The van der Waals surface area contributed by atoms with Gasteiger partial charge in [0, 0.05) is 24.4 Å². The average molecular weight is 314 g/mol. The number of rotatable bonds is 7. The van der Waals surface area contributed by atoms with E-state index >= 15 is 0 Å². The normalized spacial score (nSPS) is 10.1. The van der Waals surface area contributed by atoms with Crippen molar-refractivity contribution in [1.82, 2.24) is 0 Å². The van der Waals surface area contributed by atoms with Gasteiger partial charge in [0.2, 0.25) is 0 Å². The number of nitro benzene ring substituents is 1. The number of hydrogen-bond acceptors (Lipinski definition) is 5. The van der Waals surface area contributed by atoms with Gasteiger partial charge in [0.05, 0.1) is 4.92 Å². The third-order valence-electron chi connectivity index (χ3n) is 3.37. The minimum Gasteiger partial charge on any atom is -0.459 e. The Morgan fingerprint density at radius 2 is 1.78 bits per heavy atom. The van der Waals surface area contributed by atoms with Crippen molar-refractivity contribution in [2.24, 2.45) is 0 Å². The lowest BCUT2D eigenvalue weighted by molar-refractivity contribution is -0.384. The zero-order valence-electron chi connectivity index (χ0n) is 12.8. The number of carbonyl (C=O) groups excluding carboxylic acids is 1. The van der Waals surface area contributed by atoms with Gasteiger partial charge in [0.25, 0.3) is 5.69 Å². The molecule has 0 aliphatic rings. The maximum Gasteiger partial charge on any atom is 0.325 e. The third kappa shape index (κ3) is 4.81. The average Bonchev–Trinajstić information content (AvgIpc) is 2.59. The molecule has 0 bridgehead atoms. The molecule has 2 rings (SSSR count). The van der Waals surface area contributed by atoms with E-state index in [1.54, 1.807) is 17.0 Å². The van der Waals surface area contributed by atoms with E-state index in [2.05, 4.69) is 0 Å². The number of ether oxygens (including phenoxy) is 1. The van der Waals surface area contributed by atoms with Crippen LogP contribution in [0, 0.1) is 10.1 Å². The standard InChI is InChI=1S/C17H18N2O4/c1-2-18(15-8-10-16(11-9-15)19(21)22)12-17(20)23-13-14-6-4-3-5-7-14/h3-11H,2,12-13H2,1H3. The Kier molecular flexibility index (Phi) is 5.68. The highest BCUT2D eigenvalue weighted by molar-refractivity contribution is 5.76. The summed E-state index contributed by atoms with van der Waals surface area (Å²) in [5.41, 5.74) is 1.70. The van der Waals surface area contributed by atoms with Crippen molar-refractivity contribution in [2.45, 2.75) is 13.5 Å². The molecule has 0 saturated heterocycles. The van der Waals surface area contributed by atoms with Crippen LogP contribution in [0.25, 0.3) is 0 Å². The molecule has 0 N–H and O–H groups in total. The van der Waals surface area contributed by atoms with Gasteiger partial charge in [-0.15, -0.1) is 0 Å². The second kappa shape index (κ2) is 7.93. The highest BCUT2D eigenvalue weighted by atomic mass is 16.6. The molecule has 0 atom stereocenters. The Hall–Kier alpha value is -2.89. The predicted octanol–water partition coefficient (Wildman–Crippen LogP) is 3.16. The molecular formula is C17H18N2O4. The summed E-state index contributed by atoms with van der Waals surface area (Å²) >= 11 is 0. The molecular weight excluding hydrogens is 296 g/mol. The minimum absolute atomic E-state index is 0.0245. The molecule has 0 radical (unpaired) electrons. The second-order valence-corrected chi connectivity index (χ2v) is 4.93. The van der Waals surface area contributed by atoms with Gasteiger partial charge in [0.1, 0.15) is 13.2 Å². The first-order valence-corrected chi connectivity index (χ1v) is 7.29. The fraction of sp³-hybridized carbons (Fsp3) is 0.235. The summed E-state index contributed by atoms with van der Waals surface area (Å²) < 4.78 is 5.26. The molecule has 0 spiro atoms. The Morgan fingerprint density at radius 3 is 2.35 bits per heavy atom. The van der Waals surface area contributed by atoms with Crippen LogP contribution in [0.2, 0.25) is 0 Å². The number of benzene rings is 2. The molecule has 0 saturated carbocycles. The van der Waals surface area contributed by atoms with Crippen LogP contribution in [0.15, 0.2) is 54.6 Å². The Balaban J connectivity index is 1.93. The quantitative estimate of drug-likeness (QED) is 0.446. The number of hydrogen-bond donors (Lipinski definition) is 0. The van der Waals surface area contributed by atoms with Gasteiger partial charge in [-0.25, -0.2) is 0 Å². The Labute approximate surface area is 134 Å². The zero-order valence-corrected chi connectivity index (χ0v) is 12.8. The van der Waals surface area contributed by atoms with Gasteiger partial charge in [-0.05, 0) is 24.6 Å². The molecule has 0 fully saturated rings. The van der Waals surface area contributed by atoms with Crippen molar-refractivity contribution in [2.75, 3.05) is 18.0 Å². The van der Waals surface area contributed by atoms with E-state index in [0.717, 1.165) is 11.3 Å². The summed E-state index contributed by atoms with van der Waals surface area (Å²) in [5, 5.41) is 10.7. The highest BCUT2D eigenvalue weighted by Gasteiger charge is 2.13. The maximum atomic E-state index is 12.0. The largest absolute Gasteiger partial charge is 0.459 e. The minimum atomic E-state index is -0.450. The van der Waals surface area contributed by atoms with Gasteiger partial charge in [-0.2, -0.15) is 0 Å². The number of carbonyl (C=O) groups is 1. The van der Waals surface area contributed by atoms with E-state index in [1.165, 1.54) is 12.1 Å². The first-order chi connectivity index (χ1) is 11.1. The molecule has 0 aliphatic heterocycles. The fourth-order valence-electron chi connectivity index (χ4n) is 2.11. The van der Waals surface area contributed by atoms with Crippen molar-refractivity contribution in [3.63, 3.8) is 0 Å². The fourth-order valence-corrected chi connectivity index (χ4v) is 2.11. The van der Waals surface area contributed by atoms with E-state index < -0.39 is 4.92 Å². The Morgan fingerprint density at radius 1 is 1.13 bits per heavy atom.